The molecule has 8 nitrogen and oxygen atoms in total. The van der Waals surface area contributed by atoms with Crippen LogP contribution in [0.3, 0.4) is 0 Å². The first-order chi connectivity index (χ1) is 19.9. The Labute approximate surface area is 241 Å². The van der Waals surface area contributed by atoms with Gasteiger partial charge < -0.3 is 20.6 Å². The Hall–Kier alpha value is -3.78. The Bertz CT molecular complexity index is 1300. The lowest BCUT2D eigenvalue weighted by atomic mass is 9.88. The molecule has 2 aromatic carbocycles. The fourth-order valence-electron chi connectivity index (χ4n) is 6.50. The van der Waals surface area contributed by atoms with Crippen LogP contribution in [-0.2, 0) is 32.0 Å². The summed E-state index contributed by atoms with van der Waals surface area (Å²) in [6, 6.07) is 16.3. The van der Waals surface area contributed by atoms with Crippen LogP contribution >= 0.6 is 0 Å². The van der Waals surface area contributed by atoms with Gasteiger partial charge in [-0.15, -0.1) is 0 Å². The van der Waals surface area contributed by atoms with Gasteiger partial charge in [-0.2, -0.15) is 0 Å². The number of hydrogen-bond donors (Lipinski definition) is 3. The molecule has 216 valence electrons. The van der Waals surface area contributed by atoms with E-state index in [0.29, 0.717) is 32.2 Å². The van der Waals surface area contributed by atoms with Gasteiger partial charge in [-0.3, -0.25) is 14.4 Å². The van der Waals surface area contributed by atoms with Crippen molar-refractivity contribution < 1.29 is 24.3 Å². The molecule has 2 aromatic rings. The van der Waals surface area contributed by atoms with E-state index in [0.717, 1.165) is 42.5 Å². The highest BCUT2D eigenvalue weighted by molar-refractivity contribution is 5.92. The number of rotatable bonds is 12. The number of amides is 2. The highest BCUT2D eigenvalue weighted by Gasteiger charge is 2.38. The third kappa shape index (κ3) is 7.11. The number of carbonyl (C=O) groups is 4. The molecule has 0 spiro atoms. The van der Waals surface area contributed by atoms with Gasteiger partial charge in [0.25, 0.3) is 0 Å². The van der Waals surface area contributed by atoms with Crippen LogP contribution < -0.4 is 10.6 Å². The minimum Gasteiger partial charge on any atom is -0.480 e. The van der Waals surface area contributed by atoms with Crippen molar-refractivity contribution in [1.29, 1.82) is 0 Å². The first-order valence-electron chi connectivity index (χ1n) is 14.8. The number of allylic oxidation sites excluding steroid dienone is 2. The van der Waals surface area contributed by atoms with Gasteiger partial charge >= 0.3 is 5.97 Å². The Balaban J connectivity index is 1.33. The smallest absolute Gasteiger partial charge is 0.326 e. The van der Waals surface area contributed by atoms with Crippen molar-refractivity contribution in [2.45, 2.75) is 75.9 Å². The number of nitrogens with zero attached hydrogens (tertiary/aromatic N) is 1. The molecule has 2 heterocycles. The molecule has 2 fully saturated rings. The first-order valence-corrected chi connectivity index (χ1v) is 14.8. The van der Waals surface area contributed by atoms with Crippen molar-refractivity contribution in [3.8, 4) is 0 Å². The lowest BCUT2D eigenvalue weighted by Crippen LogP contribution is -2.47. The monoisotopic (exact) mass is 557 g/mol. The summed E-state index contributed by atoms with van der Waals surface area (Å²) in [4.78, 5) is 53.8. The third-order valence-electron chi connectivity index (χ3n) is 8.56. The molecule has 2 aliphatic heterocycles. The predicted octanol–water partition coefficient (Wildman–Crippen LogP) is 3.54. The summed E-state index contributed by atoms with van der Waals surface area (Å²) in [6.07, 6.45) is 6.66. The van der Waals surface area contributed by atoms with Gasteiger partial charge in [0.1, 0.15) is 11.8 Å². The molecule has 41 heavy (non-hydrogen) atoms. The molecule has 1 aliphatic carbocycles. The first kappa shape index (κ1) is 28.7. The highest BCUT2D eigenvalue weighted by atomic mass is 16.4. The summed E-state index contributed by atoms with van der Waals surface area (Å²) in [7, 11) is 0. The molecule has 4 atom stereocenters. The Kier molecular flexibility index (Phi) is 9.29. The zero-order valence-corrected chi connectivity index (χ0v) is 23.4. The van der Waals surface area contributed by atoms with Crippen molar-refractivity contribution in [3.05, 3.63) is 77.4 Å². The van der Waals surface area contributed by atoms with Crippen LogP contribution in [0, 0.1) is 5.92 Å². The van der Waals surface area contributed by atoms with Crippen LogP contribution in [0.1, 0.15) is 61.6 Å². The van der Waals surface area contributed by atoms with E-state index in [9.17, 15) is 24.3 Å². The normalized spacial score (nSPS) is 21.2. The topological polar surface area (TPSA) is 116 Å². The molecule has 4 unspecified atom stereocenters. The van der Waals surface area contributed by atoms with Gasteiger partial charge in [-0.05, 0) is 73.8 Å². The lowest BCUT2D eigenvalue weighted by molar-refractivity contribution is -0.150. The van der Waals surface area contributed by atoms with Gasteiger partial charge in [0.05, 0.1) is 6.04 Å². The summed E-state index contributed by atoms with van der Waals surface area (Å²) in [5, 5.41) is 16.0. The number of nitrogens with one attached hydrogen (secondary N) is 2. The minimum absolute atomic E-state index is 0.00399. The largest absolute Gasteiger partial charge is 0.480 e. The summed E-state index contributed by atoms with van der Waals surface area (Å²) < 4.78 is 0. The molecule has 8 heteroatoms. The van der Waals surface area contributed by atoms with E-state index < -0.39 is 24.0 Å². The highest BCUT2D eigenvalue weighted by Crippen LogP contribution is 2.35. The van der Waals surface area contributed by atoms with E-state index in [2.05, 4.69) is 22.8 Å². The zero-order chi connectivity index (χ0) is 28.8. The van der Waals surface area contributed by atoms with Crippen LogP contribution in [0.4, 0.5) is 0 Å². The summed E-state index contributed by atoms with van der Waals surface area (Å²) in [5.74, 6) is -2.14. The maximum atomic E-state index is 13.8. The summed E-state index contributed by atoms with van der Waals surface area (Å²) in [5.41, 5.74) is 4.33. The number of ketones is 1. The number of aliphatic carboxylic acids is 1. The molecule has 0 aromatic heterocycles. The Morgan fingerprint density at radius 1 is 0.951 bits per heavy atom. The van der Waals surface area contributed by atoms with E-state index in [1.54, 1.807) is 0 Å². The molecule has 0 saturated carbocycles. The zero-order valence-electron chi connectivity index (χ0n) is 23.4. The quantitative estimate of drug-likeness (QED) is 0.368. The minimum atomic E-state index is -1.00. The van der Waals surface area contributed by atoms with E-state index in [1.807, 2.05) is 48.5 Å². The SMILES string of the molecule is O=C(CC(Cc1ccccc1)NC(=O)C1CCCN1)CC(CC1=CCc2ccccc21)C(=O)N1CCCC1C(=O)O. The number of hydrogen-bond acceptors (Lipinski definition) is 5. The summed E-state index contributed by atoms with van der Waals surface area (Å²) in [6.45, 7) is 1.19. The lowest BCUT2D eigenvalue weighted by Gasteiger charge is -2.27. The van der Waals surface area contributed by atoms with Crippen molar-refractivity contribution in [2.75, 3.05) is 13.1 Å². The second-order valence-electron chi connectivity index (χ2n) is 11.5. The fourth-order valence-corrected chi connectivity index (χ4v) is 6.50. The van der Waals surface area contributed by atoms with Gasteiger partial charge in [-0.25, -0.2) is 4.79 Å². The van der Waals surface area contributed by atoms with Crippen molar-refractivity contribution in [3.63, 3.8) is 0 Å². The summed E-state index contributed by atoms with van der Waals surface area (Å²) >= 11 is 0. The number of fused-ring (bicyclic) bond motifs is 1. The average Bonchev–Trinajstić information content (AvgIpc) is 3.74. The molecule has 3 N–H and O–H groups in total. The van der Waals surface area contributed by atoms with E-state index in [1.165, 1.54) is 10.5 Å². The van der Waals surface area contributed by atoms with E-state index >= 15 is 0 Å². The molecular formula is C33H39N3O5. The number of carboxylic acid groups (broad SMARTS) is 1. The standard InChI is InChI=1S/C33H39N3O5/c37-27(21-26(18-22-8-2-1-3-9-22)35-31(38)29-12-6-16-34-29)20-25(32(39)36-17-7-13-30(36)33(40)41)19-24-15-14-23-10-4-5-11-28(23)24/h1-5,8-11,15,25-26,29-30,34H,6-7,12-14,16-21H2,(H,35,38)(H,40,41). The van der Waals surface area contributed by atoms with E-state index in [4.69, 9.17) is 0 Å². The van der Waals surface area contributed by atoms with Crippen LogP contribution in [0.5, 0.6) is 0 Å². The Morgan fingerprint density at radius 3 is 2.49 bits per heavy atom. The second kappa shape index (κ2) is 13.3. The molecule has 3 aliphatic rings. The number of carbonyl (C=O) groups excluding carboxylic acids is 3. The second-order valence-corrected chi connectivity index (χ2v) is 11.5. The van der Waals surface area contributed by atoms with E-state index in [-0.39, 0.29) is 36.5 Å². The van der Waals surface area contributed by atoms with Crippen molar-refractivity contribution in [2.24, 2.45) is 5.92 Å². The number of benzene rings is 2. The number of carboxylic acids is 1. The van der Waals surface area contributed by atoms with Crippen LogP contribution in [0.25, 0.3) is 5.57 Å². The maximum absolute atomic E-state index is 13.8. The van der Waals surface area contributed by atoms with Crippen LogP contribution in [0.2, 0.25) is 0 Å². The fraction of sp³-hybridized carbons (Fsp3) is 0.455. The van der Waals surface area contributed by atoms with Gasteiger partial charge in [0.2, 0.25) is 11.8 Å². The number of Topliss-reactive ketones (excluding diaryl/α,β-unsaturated/α-hetero) is 1. The number of likely N-dealkylation sites (tertiary alicyclic amines) is 1. The molecule has 5 rings (SSSR count). The maximum Gasteiger partial charge on any atom is 0.326 e. The average molecular weight is 558 g/mol. The molecule has 2 amide bonds. The Morgan fingerprint density at radius 2 is 1.73 bits per heavy atom. The van der Waals surface area contributed by atoms with Gasteiger partial charge in [0, 0.05) is 31.3 Å². The van der Waals surface area contributed by atoms with Gasteiger partial charge in [0.15, 0.2) is 0 Å². The predicted molar refractivity (Wildman–Crippen MR) is 156 cm³/mol. The van der Waals surface area contributed by atoms with Crippen molar-refractivity contribution >= 4 is 29.1 Å². The van der Waals surface area contributed by atoms with Crippen LogP contribution in [0.15, 0.2) is 60.7 Å². The molecule has 0 bridgehead atoms. The van der Waals surface area contributed by atoms with Gasteiger partial charge in [-0.1, -0.05) is 60.7 Å². The van der Waals surface area contributed by atoms with Crippen LogP contribution in [-0.4, -0.2) is 64.8 Å². The third-order valence-corrected chi connectivity index (χ3v) is 8.56. The molecular weight excluding hydrogens is 518 g/mol. The molecule has 2 saturated heterocycles. The molecule has 0 radical (unpaired) electrons. The van der Waals surface area contributed by atoms with Crippen molar-refractivity contribution in [1.82, 2.24) is 15.5 Å².